The van der Waals surface area contributed by atoms with Gasteiger partial charge in [-0.2, -0.15) is 0 Å². The highest BCUT2D eigenvalue weighted by atomic mass is 16.1. The van der Waals surface area contributed by atoms with Gasteiger partial charge >= 0.3 is 0 Å². The summed E-state index contributed by atoms with van der Waals surface area (Å²) in [5, 5.41) is 0. The summed E-state index contributed by atoms with van der Waals surface area (Å²) in [4.78, 5) is 14.5. The molecule has 1 rings (SSSR count). The third kappa shape index (κ3) is 2.31. The van der Waals surface area contributed by atoms with Crippen molar-refractivity contribution in [2.75, 3.05) is 0 Å². The Bertz CT molecular complexity index is 277. The van der Waals surface area contributed by atoms with Crippen LogP contribution in [-0.2, 0) is 4.79 Å². The molecule has 0 spiro atoms. The van der Waals surface area contributed by atoms with Crippen LogP contribution in [0.1, 0.15) is 19.0 Å². The Kier molecular flexibility index (Phi) is 3.20. The molecule has 0 N–H and O–H groups in total. The van der Waals surface area contributed by atoms with Gasteiger partial charge in [-0.3, -0.25) is 9.78 Å². The summed E-state index contributed by atoms with van der Waals surface area (Å²) in [6.45, 7) is 1.95. The summed E-state index contributed by atoms with van der Waals surface area (Å²) >= 11 is 0. The summed E-state index contributed by atoms with van der Waals surface area (Å²) in [6.07, 6.45) is 5.13. The number of allylic oxidation sites excluding steroid dienone is 1. The second-order valence-electron chi connectivity index (χ2n) is 2.45. The summed E-state index contributed by atoms with van der Waals surface area (Å²) < 4.78 is 0. The average molecular weight is 161 g/mol. The van der Waals surface area contributed by atoms with Crippen LogP contribution in [0.25, 0.3) is 6.08 Å². The third-order valence-corrected chi connectivity index (χ3v) is 1.58. The first-order chi connectivity index (χ1) is 5.86. The molecule has 0 aliphatic heterocycles. The number of carbonyl (C=O) groups excluding carboxylic acids is 1. The van der Waals surface area contributed by atoms with Crippen LogP contribution in [-0.4, -0.2) is 11.3 Å². The monoisotopic (exact) mass is 161 g/mol. The van der Waals surface area contributed by atoms with Gasteiger partial charge in [-0.05, 0) is 30.2 Å². The van der Waals surface area contributed by atoms with Crippen LogP contribution < -0.4 is 0 Å². The van der Waals surface area contributed by atoms with E-state index in [1.807, 2.05) is 25.1 Å². The van der Waals surface area contributed by atoms with Crippen molar-refractivity contribution in [3.8, 4) is 0 Å². The minimum atomic E-state index is 0.750. The SMILES string of the molecule is CC/C(C=O)=C\c1ccccn1. The van der Waals surface area contributed by atoms with Crippen molar-refractivity contribution in [3.63, 3.8) is 0 Å². The van der Waals surface area contributed by atoms with E-state index in [0.29, 0.717) is 0 Å². The highest BCUT2D eigenvalue weighted by Gasteiger charge is 1.91. The standard InChI is InChI=1S/C10H11NO/c1-2-9(8-12)7-10-5-3-4-6-11-10/h3-8H,2H2,1H3/b9-7+. The van der Waals surface area contributed by atoms with E-state index in [0.717, 1.165) is 24.0 Å². The molecule has 62 valence electrons. The first kappa shape index (κ1) is 8.65. The number of pyridine rings is 1. The van der Waals surface area contributed by atoms with Crippen molar-refractivity contribution >= 4 is 12.4 Å². The van der Waals surface area contributed by atoms with Crippen LogP contribution in [0.3, 0.4) is 0 Å². The molecule has 0 amide bonds. The molecular formula is C10H11NO. The summed E-state index contributed by atoms with van der Waals surface area (Å²) in [5.74, 6) is 0. The number of hydrogen-bond donors (Lipinski definition) is 0. The number of nitrogens with zero attached hydrogens (tertiary/aromatic N) is 1. The van der Waals surface area contributed by atoms with Gasteiger partial charge in [-0.25, -0.2) is 0 Å². The van der Waals surface area contributed by atoms with E-state index in [-0.39, 0.29) is 0 Å². The van der Waals surface area contributed by atoms with Crippen LogP contribution in [0.15, 0.2) is 30.0 Å². The molecule has 2 heteroatoms. The Labute approximate surface area is 71.9 Å². The van der Waals surface area contributed by atoms with E-state index in [1.165, 1.54) is 0 Å². The minimum absolute atomic E-state index is 0.750. The largest absolute Gasteiger partial charge is 0.298 e. The van der Waals surface area contributed by atoms with Crippen LogP contribution in [0.4, 0.5) is 0 Å². The van der Waals surface area contributed by atoms with Crippen molar-refractivity contribution in [1.29, 1.82) is 0 Å². The first-order valence-electron chi connectivity index (χ1n) is 3.93. The van der Waals surface area contributed by atoms with Crippen molar-refractivity contribution in [3.05, 3.63) is 35.7 Å². The topological polar surface area (TPSA) is 30.0 Å². The minimum Gasteiger partial charge on any atom is -0.298 e. The zero-order chi connectivity index (χ0) is 8.81. The van der Waals surface area contributed by atoms with Crippen LogP contribution in [0.2, 0.25) is 0 Å². The predicted octanol–water partition coefficient (Wildman–Crippen LogP) is 2.07. The van der Waals surface area contributed by atoms with E-state index < -0.39 is 0 Å². The molecule has 0 aliphatic rings. The molecular weight excluding hydrogens is 150 g/mol. The quantitative estimate of drug-likeness (QED) is 0.501. The zero-order valence-corrected chi connectivity index (χ0v) is 7.03. The molecule has 0 aliphatic carbocycles. The Balaban J connectivity index is 2.86. The van der Waals surface area contributed by atoms with Crippen molar-refractivity contribution in [2.24, 2.45) is 0 Å². The molecule has 0 atom stereocenters. The molecule has 0 bridgehead atoms. The number of rotatable bonds is 3. The maximum absolute atomic E-state index is 10.4. The number of aldehydes is 1. The Morgan fingerprint density at radius 3 is 2.92 bits per heavy atom. The van der Waals surface area contributed by atoms with E-state index in [9.17, 15) is 4.79 Å². The predicted molar refractivity (Wildman–Crippen MR) is 48.6 cm³/mol. The van der Waals surface area contributed by atoms with Gasteiger partial charge in [-0.1, -0.05) is 13.0 Å². The first-order valence-corrected chi connectivity index (χ1v) is 3.93. The molecule has 1 heterocycles. The summed E-state index contributed by atoms with van der Waals surface area (Å²) in [6, 6.07) is 5.62. The lowest BCUT2D eigenvalue weighted by Gasteiger charge is -1.93. The van der Waals surface area contributed by atoms with Crippen molar-refractivity contribution in [2.45, 2.75) is 13.3 Å². The molecule has 0 fully saturated rings. The van der Waals surface area contributed by atoms with Gasteiger partial charge in [0.15, 0.2) is 0 Å². The molecule has 0 saturated carbocycles. The Hall–Kier alpha value is -1.44. The van der Waals surface area contributed by atoms with Gasteiger partial charge in [0, 0.05) is 6.20 Å². The second-order valence-corrected chi connectivity index (χ2v) is 2.45. The van der Waals surface area contributed by atoms with Gasteiger partial charge in [0.05, 0.1) is 5.69 Å². The molecule has 12 heavy (non-hydrogen) atoms. The van der Waals surface area contributed by atoms with Crippen LogP contribution in [0.5, 0.6) is 0 Å². The smallest absolute Gasteiger partial charge is 0.146 e. The van der Waals surface area contributed by atoms with Crippen LogP contribution >= 0.6 is 0 Å². The number of hydrogen-bond acceptors (Lipinski definition) is 2. The number of aromatic nitrogens is 1. The number of carbonyl (C=O) groups is 1. The lowest BCUT2D eigenvalue weighted by molar-refractivity contribution is -0.104. The van der Waals surface area contributed by atoms with Crippen LogP contribution in [0, 0.1) is 0 Å². The van der Waals surface area contributed by atoms with E-state index in [2.05, 4.69) is 4.98 Å². The molecule has 0 unspecified atom stereocenters. The maximum Gasteiger partial charge on any atom is 0.146 e. The van der Waals surface area contributed by atoms with Gasteiger partial charge in [0.1, 0.15) is 6.29 Å². The molecule has 1 aromatic heterocycles. The van der Waals surface area contributed by atoms with Crippen molar-refractivity contribution < 1.29 is 4.79 Å². The van der Waals surface area contributed by atoms with Gasteiger partial charge in [-0.15, -0.1) is 0 Å². The van der Waals surface area contributed by atoms with Crippen molar-refractivity contribution in [1.82, 2.24) is 4.98 Å². The molecule has 2 nitrogen and oxygen atoms in total. The fourth-order valence-corrected chi connectivity index (χ4v) is 0.871. The highest BCUT2D eigenvalue weighted by Crippen LogP contribution is 2.03. The lowest BCUT2D eigenvalue weighted by Crippen LogP contribution is -1.84. The van der Waals surface area contributed by atoms with E-state index >= 15 is 0 Å². The fourth-order valence-electron chi connectivity index (χ4n) is 0.871. The van der Waals surface area contributed by atoms with E-state index in [4.69, 9.17) is 0 Å². The fraction of sp³-hybridized carbons (Fsp3) is 0.200. The Morgan fingerprint density at radius 2 is 2.42 bits per heavy atom. The van der Waals surface area contributed by atoms with E-state index in [1.54, 1.807) is 12.3 Å². The molecule has 0 saturated heterocycles. The summed E-state index contributed by atoms with van der Waals surface area (Å²) in [5.41, 5.74) is 1.61. The molecule has 0 aromatic carbocycles. The van der Waals surface area contributed by atoms with Gasteiger partial charge in [0.25, 0.3) is 0 Å². The average Bonchev–Trinajstić information content (AvgIpc) is 2.16. The molecule has 0 radical (unpaired) electrons. The molecule has 1 aromatic rings. The maximum atomic E-state index is 10.4. The zero-order valence-electron chi connectivity index (χ0n) is 7.03. The lowest BCUT2D eigenvalue weighted by atomic mass is 10.2. The normalized spacial score (nSPS) is 11.2. The van der Waals surface area contributed by atoms with Gasteiger partial charge < -0.3 is 0 Å². The summed E-state index contributed by atoms with van der Waals surface area (Å²) in [7, 11) is 0. The second kappa shape index (κ2) is 4.44. The van der Waals surface area contributed by atoms with Gasteiger partial charge in [0.2, 0.25) is 0 Å². The highest BCUT2D eigenvalue weighted by molar-refractivity contribution is 5.80. The Morgan fingerprint density at radius 1 is 1.58 bits per heavy atom. The third-order valence-electron chi connectivity index (χ3n) is 1.58.